The van der Waals surface area contributed by atoms with Gasteiger partial charge in [-0.1, -0.05) is 24.0 Å². The third kappa shape index (κ3) is 7.30. The Labute approximate surface area is 215 Å². The number of likely N-dealkylation sites (tertiary alicyclic amines) is 1. The molecule has 0 unspecified atom stereocenters. The smallest absolute Gasteiger partial charge is 0.129 e. The fourth-order valence-electron chi connectivity index (χ4n) is 3.96. The van der Waals surface area contributed by atoms with Gasteiger partial charge in [-0.2, -0.15) is 10.5 Å². The highest BCUT2D eigenvalue weighted by atomic mass is 15.1. The summed E-state index contributed by atoms with van der Waals surface area (Å²) < 4.78 is 0. The van der Waals surface area contributed by atoms with E-state index in [1.807, 2.05) is 69.5 Å². The maximum Gasteiger partial charge on any atom is 0.129 e. The van der Waals surface area contributed by atoms with Crippen LogP contribution in [0.15, 0.2) is 77.9 Å². The second kappa shape index (κ2) is 12.9. The Morgan fingerprint density at radius 1 is 0.778 bits per heavy atom. The van der Waals surface area contributed by atoms with Crippen molar-refractivity contribution in [1.82, 2.24) is 4.90 Å². The van der Waals surface area contributed by atoms with E-state index in [4.69, 9.17) is 0 Å². The summed E-state index contributed by atoms with van der Waals surface area (Å²) in [6, 6.07) is 20.5. The Morgan fingerprint density at radius 3 is 1.86 bits per heavy atom. The van der Waals surface area contributed by atoms with Gasteiger partial charge < -0.3 is 14.7 Å². The third-order valence-corrected chi connectivity index (χ3v) is 6.07. The number of piperidine rings is 1. The van der Waals surface area contributed by atoms with Crippen LogP contribution in [-0.2, 0) is 0 Å². The molecule has 1 fully saturated rings. The lowest BCUT2D eigenvalue weighted by atomic mass is 10.0. The van der Waals surface area contributed by atoms with E-state index in [1.165, 1.54) is 6.42 Å². The van der Waals surface area contributed by atoms with Crippen LogP contribution in [0.25, 0.3) is 5.70 Å². The maximum absolute atomic E-state index is 9.21. The van der Waals surface area contributed by atoms with Crippen molar-refractivity contribution in [2.75, 3.05) is 51.1 Å². The lowest BCUT2D eigenvalue weighted by molar-refractivity contribution is 0.326. The van der Waals surface area contributed by atoms with Crippen LogP contribution < -0.4 is 9.80 Å². The lowest BCUT2D eigenvalue weighted by Gasteiger charge is -2.31. The molecular formula is C31H33N5. The fourth-order valence-corrected chi connectivity index (χ4v) is 3.96. The number of nitriles is 2. The molecule has 36 heavy (non-hydrogen) atoms. The third-order valence-electron chi connectivity index (χ3n) is 6.07. The molecular weight excluding hydrogens is 442 g/mol. The SMILES string of the molecule is CN(C)c1ccc(C#CC(/C=C(/c2ccc(N(C)C)cc2)N2CCCCC2)=C/C=C(C#N)C#N)cc1. The van der Waals surface area contributed by atoms with Crippen LogP contribution >= 0.6 is 0 Å². The van der Waals surface area contributed by atoms with Gasteiger partial charge >= 0.3 is 0 Å². The molecule has 2 aromatic rings. The molecule has 1 aliphatic heterocycles. The van der Waals surface area contributed by atoms with E-state index >= 15 is 0 Å². The van der Waals surface area contributed by atoms with Crippen molar-refractivity contribution < 1.29 is 0 Å². The Morgan fingerprint density at radius 2 is 1.33 bits per heavy atom. The summed E-state index contributed by atoms with van der Waals surface area (Å²) >= 11 is 0. The normalized spacial score (nSPS) is 13.6. The van der Waals surface area contributed by atoms with Crippen molar-refractivity contribution in [1.29, 1.82) is 10.5 Å². The molecule has 0 N–H and O–H groups in total. The topological polar surface area (TPSA) is 57.3 Å². The molecule has 2 aromatic carbocycles. The summed E-state index contributed by atoms with van der Waals surface area (Å²) in [6.07, 6.45) is 8.94. The summed E-state index contributed by atoms with van der Waals surface area (Å²) in [5.41, 5.74) is 6.17. The maximum atomic E-state index is 9.21. The van der Waals surface area contributed by atoms with Crippen LogP contribution in [0.1, 0.15) is 30.4 Å². The Bertz CT molecular complexity index is 1250. The first kappa shape index (κ1) is 26.2. The van der Waals surface area contributed by atoms with Crippen LogP contribution in [0.5, 0.6) is 0 Å². The highest BCUT2D eigenvalue weighted by Crippen LogP contribution is 2.27. The van der Waals surface area contributed by atoms with Crippen LogP contribution in [0.4, 0.5) is 11.4 Å². The van der Waals surface area contributed by atoms with E-state index in [1.54, 1.807) is 12.2 Å². The van der Waals surface area contributed by atoms with Gasteiger partial charge in [-0.3, -0.25) is 0 Å². The fraction of sp³-hybridized carbons (Fsp3) is 0.290. The quantitative estimate of drug-likeness (QED) is 0.309. The van der Waals surface area contributed by atoms with Crippen LogP contribution in [0, 0.1) is 34.5 Å². The van der Waals surface area contributed by atoms with E-state index in [9.17, 15) is 10.5 Å². The number of allylic oxidation sites excluding steroid dienone is 5. The number of hydrogen-bond acceptors (Lipinski definition) is 5. The zero-order chi connectivity index (χ0) is 25.9. The predicted molar refractivity (Wildman–Crippen MR) is 149 cm³/mol. The average molecular weight is 476 g/mol. The molecule has 5 nitrogen and oxygen atoms in total. The van der Waals surface area contributed by atoms with Gasteiger partial charge in [0.2, 0.25) is 0 Å². The van der Waals surface area contributed by atoms with Gasteiger partial charge in [-0.15, -0.1) is 0 Å². The minimum absolute atomic E-state index is 0.0490. The van der Waals surface area contributed by atoms with Gasteiger partial charge in [0, 0.05) is 69.5 Å². The van der Waals surface area contributed by atoms with Crippen molar-refractivity contribution in [3.8, 4) is 24.0 Å². The second-order valence-electron chi connectivity index (χ2n) is 9.14. The molecule has 0 spiro atoms. The molecule has 1 saturated heterocycles. The standard InChI is InChI=1S/C31H33N5/c1-34(2)29-16-12-25(13-17-29)8-9-26(10-11-27(23-32)24-33)22-31(36-20-6-5-7-21-36)28-14-18-30(19-15-28)35(3)4/h10-19,22H,5-7,20-21H2,1-4H3/b26-10-,31-22-. The predicted octanol–water partition coefficient (Wildman–Crippen LogP) is 5.60. The molecule has 0 radical (unpaired) electrons. The first-order valence-electron chi connectivity index (χ1n) is 12.2. The van der Waals surface area contributed by atoms with Crippen LogP contribution in [-0.4, -0.2) is 46.2 Å². The van der Waals surface area contributed by atoms with Gasteiger partial charge in [0.1, 0.15) is 17.7 Å². The molecule has 0 aliphatic carbocycles. The summed E-state index contributed by atoms with van der Waals surface area (Å²) in [6.45, 7) is 1.98. The second-order valence-corrected chi connectivity index (χ2v) is 9.14. The highest BCUT2D eigenvalue weighted by Gasteiger charge is 2.15. The minimum atomic E-state index is 0.0490. The number of nitrogens with zero attached hydrogens (tertiary/aromatic N) is 5. The average Bonchev–Trinajstić information content (AvgIpc) is 2.91. The summed E-state index contributed by atoms with van der Waals surface area (Å²) in [4.78, 5) is 6.55. The van der Waals surface area contributed by atoms with E-state index in [0.717, 1.165) is 59.7 Å². The summed E-state index contributed by atoms with van der Waals surface area (Å²) in [5, 5.41) is 18.4. The largest absolute Gasteiger partial charge is 0.378 e. The van der Waals surface area contributed by atoms with Crippen molar-refractivity contribution >= 4 is 17.1 Å². The molecule has 0 bridgehead atoms. The molecule has 0 aromatic heterocycles. The number of benzene rings is 2. The molecule has 1 aliphatic rings. The molecule has 3 rings (SSSR count). The number of anilines is 2. The summed E-state index contributed by atoms with van der Waals surface area (Å²) in [7, 11) is 8.08. The van der Waals surface area contributed by atoms with Crippen molar-refractivity contribution in [3.63, 3.8) is 0 Å². The zero-order valence-corrected chi connectivity index (χ0v) is 21.6. The molecule has 0 atom stereocenters. The van der Waals surface area contributed by atoms with Crippen molar-refractivity contribution in [2.24, 2.45) is 0 Å². The summed E-state index contributed by atoms with van der Waals surface area (Å²) in [5.74, 6) is 6.53. The van der Waals surface area contributed by atoms with E-state index in [-0.39, 0.29) is 5.57 Å². The lowest BCUT2D eigenvalue weighted by Crippen LogP contribution is -2.28. The van der Waals surface area contributed by atoms with E-state index in [0.29, 0.717) is 0 Å². The van der Waals surface area contributed by atoms with Gasteiger partial charge in [-0.05, 0) is 79.5 Å². The van der Waals surface area contributed by atoms with E-state index in [2.05, 4.69) is 52.0 Å². The first-order chi connectivity index (χ1) is 17.4. The van der Waals surface area contributed by atoms with Crippen LogP contribution in [0.3, 0.4) is 0 Å². The monoisotopic (exact) mass is 475 g/mol. The van der Waals surface area contributed by atoms with Gasteiger partial charge in [0.15, 0.2) is 0 Å². The minimum Gasteiger partial charge on any atom is -0.378 e. The van der Waals surface area contributed by atoms with Gasteiger partial charge in [0.25, 0.3) is 0 Å². The van der Waals surface area contributed by atoms with Crippen LogP contribution in [0.2, 0.25) is 0 Å². The zero-order valence-electron chi connectivity index (χ0n) is 21.6. The molecule has 0 amide bonds. The van der Waals surface area contributed by atoms with Gasteiger partial charge in [-0.25, -0.2) is 0 Å². The first-order valence-corrected chi connectivity index (χ1v) is 12.2. The number of hydrogen-bond donors (Lipinski definition) is 0. The molecule has 5 heteroatoms. The van der Waals surface area contributed by atoms with Gasteiger partial charge in [0.05, 0.1) is 0 Å². The van der Waals surface area contributed by atoms with Crippen molar-refractivity contribution in [2.45, 2.75) is 19.3 Å². The Kier molecular flexibility index (Phi) is 9.39. The Hall–Kier alpha value is -4.40. The van der Waals surface area contributed by atoms with Crippen molar-refractivity contribution in [3.05, 3.63) is 89.0 Å². The van der Waals surface area contributed by atoms with E-state index < -0.39 is 0 Å². The molecule has 1 heterocycles. The molecule has 0 saturated carbocycles. The highest BCUT2D eigenvalue weighted by molar-refractivity contribution is 5.71. The molecule has 182 valence electrons. The Balaban J connectivity index is 2.07. The number of rotatable bonds is 6.